The van der Waals surface area contributed by atoms with Gasteiger partial charge in [0.15, 0.2) is 0 Å². The van der Waals surface area contributed by atoms with Crippen LogP contribution in [-0.2, 0) is 0 Å². The fourth-order valence-corrected chi connectivity index (χ4v) is 2.16. The molecule has 0 bridgehead atoms. The molecule has 0 amide bonds. The first-order chi connectivity index (χ1) is 7.78. The normalized spacial score (nSPS) is 17.1. The number of benzene rings is 1. The Kier molecular flexibility index (Phi) is 3.54. The van der Waals surface area contributed by atoms with E-state index >= 15 is 0 Å². The number of anilines is 1. The third-order valence-electron chi connectivity index (χ3n) is 2.99. The van der Waals surface area contributed by atoms with Crippen molar-refractivity contribution in [3.63, 3.8) is 0 Å². The summed E-state index contributed by atoms with van der Waals surface area (Å²) in [6, 6.07) is 5.55. The van der Waals surface area contributed by atoms with Crippen LogP contribution in [0.1, 0.15) is 32.1 Å². The van der Waals surface area contributed by atoms with E-state index in [1.807, 2.05) is 12.1 Å². The molecule has 0 unspecified atom stereocenters. The number of rotatable bonds is 3. The molecule has 0 spiro atoms. The average Bonchev–Trinajstić information content (AvgIpc) is 2.29. The zero-order chi connectivity index (χ0) is 11.4. The lowest BCUT2D eigenvalue weighted by atomic mass is 9.98. The van der Waals surface area contributed by atoms with Gasteiger partial charge >= 0.3 is 0 Å². The Morgan fingerprint density at radius 1 is 1.06 bits per heavy atom. The van der Waals surface area contributed by atoms with Gasteiger partial charge in [-0.15, -0.1) is 0 Å². The summed E-state index contributed by atoms with van der Waals surface area (Å²) in [5.41, 5.74) is 6.47. The summed E-state index contributed by atoms with van der Waals surface area (Å²) < 4.78 is 11.1. The number of hydrogen-bond donors (Lipinski definition) is 1. The molecule has 1 aliphatic rings. The summed E-state index contributed by atoms with van der Waals surface area (Å²) in [5.74, 6) is 1.58. The third-order valence-corrected chi connectivity index (χ3v) is 2.99. The van der Waals surface area contributed by atoms with Crippen LogP contribution in [0.25, 0.3) is 0 Å². The first-order valence-corrected chi connectivity index (χ1v) is 5.89. The van der Waals surface area contributed by atoms with Crippen LogP contribution < -0.4 is 15.2 Å². The van der Waals surface area contributed by atoms with Crippen LogP contribution in [0.5, 0.6) is 11.5 Å². The summed E-state index contributed by atoms with van der Waals surface area (Å²) in [6.45, 7) is 0. The zero-order valence-electron chi connectivity index (χ0n) is 9.74. The van der Waals surface area contributed by atoms with Gasteiger partial charge in [0.1, 0.15) is 11.5 Å². The number of nitrogens with two attached hydrogens (primary N) is 1. The molecule has 1 fully saturated rings. The molecule has 1 aromatic rings. The van der Waals surface area contributed by atoms with Crippen molar-refractivity contribution in [3.05, 3.63) is 18.2 Å². The Morgan fingerprint density at radius 3 is 2.44 bits per heavy atom. The molecule has 0 radical (unpaired) electrons. The number of hydrogen-bond acceptors (Lipinski definition) is 3. The Hall–Kier alpha value is -1.38. The van der Waals surface area contributed by atoms with Crippen LogP contribution in [0.2, 0.25) is 0 Å². The first-order valence-electron chi connectivity index (χ1n) is 5.89. The van der Waals surface area contributed by atoms with Gasteiger partial charge in [-0.1, -0.05) is 6.42 Å². The van der Waals surface area contributed by atoms with Crippen LogP contribution in [-0.4, -0.2) is 13.2 Å². The van der Waals surface area contributed by atoms with Crippen molar-refractivity contribution in [1.82, 2.24) is 0 Å². The fraction of sp³-hybridized carbons (Fsp3) is 0.538. The van der Waals surface area contributed by atoms with E-state index in [4.69, 9.17) is 15.2 Å². The molecule has 2 rings (SSSR count). The molecular weight excluding hydrogens is 202 g/mol. The van der Waals surface area contributed by atoms with E-state index < -0.39 is 0 Å². The van der Waals surface area contributed by atoms with Gasteiger partial charge in [-0.25, -0.2) is 0 Å². The maximum Gasteiger partial charge on any atom is 0.125 e. The summed E-state index contributed by atoms with van der Waals surface area (Å²) >= 11 is 0. The minimum Gasteiger partial charge on any atom is -0.497 e. The van der Waals surface area contributed by atoms with E-state index in [0.717, 1.165) is 24.3 Å². The second-order valence-corrected chi connectivity index (χ2v) is 4.32. The molecule has 1 saturated carbocycles. The number of nitrogen functional groups attached to an aromatic ring is 1. The molecule has 1 aliphatic carbocycles. The molecule has 0 aromatic heterocycles. The Balaban J connectivity index is 2.04. The lowest BCUT2D eigenvalue weighted by molar-refractivity contribution is 0.154. The van der Waals surface area contributed by atoms with E-state index in [1.165, 1.54) is 19.3 Å². The van der Waals surface area contributed by atoms with Gasteiger partial charge in [0, 0.05) is 23.9 Å². The monoisotopic (exact) mass is 221 g/mol. The van der Waals surface area contributed by atoms with Crippen molar-refractivity contribution in [3.8, 4) is 11.5 Å². The van der Waals surface area contributed by atoms with E-state index in [1.54, 1.807) is 13.2 Å². The second-order valence-electron chi connectivity index (χ2n) is 4.32. The molecule has 2 N–H and O–H groups in total. The predicted octanol–water partition coefficient (Wildman–Crippen LogP) is 2.99. The molecule has 0 aliphatic heterocycles. The SMILES string of the molecule is COc1cc(N)cc(OC2CCCCC2)c1. The van der Waals surface area contributed by atoms with Gasteiger partial charge in [0.25, 0.3) is 0 Å². The van der Waals surface area contributed by atoms with Crippen molar-refractivity contribution in [2.24, 2.45) is 0 Å². The van der Waals surface area contributed by atoms with Gasteiger partial charge in [-0.2, -0.15) is 0 Å². The van der Waals surface area contributed by atoms with E-state index in [9.17, 15) is 0 Å². The number of ether oxygens (including phenoxy) is 2. The second kappa shape index (κ2) is 5.10. The van der Waals surface area contributed by atoms with E-state index in [0.29, 0.717) is 11.8 Å². The van der Waals surface area contributed by atoms with Gasteiger partial charge in [-0.05, 0) is 25.7 Å². The first kappa shape index (κ1) is 11.1. The molecular formula is C13H19NO2. The highest BCUT2D eigenvalue weighted by molar-refractivity contribution is 5.50. The summed E-state index contributed by atoms with van der Waals surface area (Å²) in [4.78, 5) is 0. The molecule has 3 heteroatoms. The van der Waals surface area contributed by atoms with E-state index in [-0.39, 0.29) is 0 Å². The smallest absolute Gasteiger partial charge is 0.125 e. The lowest BCUT2D eigenvalue weighted by Crippen LogP contribution is -2.19. The summed E-state index contributed by atoms with van der Waals surface area (Å²) in [5, 5.41) is 0. The van der Waals surface area contributed by atoms with E-state index in [2.05, 4.69) is 0 Å². The highest BCUT2D eigenvalue weighted by Crippen LogP contribution is 2.28. The van der Waals surface area contributed by atoms with Crippen LogP contribution in [0, 0.1) is 0 Å². The van der Waals surface area contributed by atoms with Crippen LogP contribution in [0.15, 0.2) is 18.2 Å². The quantitative estimate of drug-likeness (QED) is 0.798. The van der Waals surface area contributed by atoms with Crippen molar-refractivity contribution < 1.29 is 9.47 Å². The van der Waals surface area contributed by atoms with Gasteiger partial charge in [0.05, 0.1) is 13.2 Å². The topological polar surface area (TPSA) is 44.5 Å². The van der Waals surface area contributed by atoms with Crippen LogP contribution in [0.4, 0.5) is 5.69 Å². The molecule has 88 valence electrons. The van der Waals surface area contributed by atoms with Crippen molar-refractivity contribution in [1.29, 1.82) is 0 Å². The van der Waals surface area contributed by atoms with Crippen LogP contribution in [0.3, 0.4) is 0 Å². The van der Waals surface area contributed by atoms with Crippen LogP contribution >= 0.6 is 0 Å². The average molecular weight is 221 g/mol. The zero-order valence-corrected chi connectivity index (χ0v) is 9.74. The molecule has 0 saturated heterocycles. The maximum absolute atomic E-state index is 5.92. The molecule has 0 atom stereocenters. The highest BCUT2D eigenvalue weighted by atomic mass is 16.5. The summed E-state index contributed by atoms with van der Waals surface area (Å²) in [6.07, 6.45) is 6.52. The minimum absolute atomic E-state index is 0.347. The molecule has 0 heterocycles. The molecule has 1 aromatic carbocycles. The van der Waals surface area contributed by atoms with Gasteiger partial charge in [-0.3, -0.25) is 0 Å². The Bertz CT molecular complexity index is 346. The Morgan fingerprint density at radius 2 is 1.75 bits per heavy atom. The fourth-order valence-electron chi connectivity index (χ4n) is 2.16. The lowest BCUT2D eigenvalue weighted by Gasteiger charge is -2.23. The van der Waals surface area contributed by atoms with Crippen molar-refractivity contribution >= 4 is 5.69 Å². The summed E-state index contributed by atoms with van der Waals surface area (Å²) in [7, 11) is 1.64. The molecule has 3 nitrogen and oxygen atoms in total. The standard InChI is InChI=1S/C13H19NO2/c1-15-12-7-10(14)8-13(9-12)16-11-5-3-2-4-6-11/h7-9,11H,2-6,14H2,1H3. The van der Waals surface area contributed by atoms with Crippen molar-refractivity contribution in [2.45, 2.75) is 38.2 Å². The highest BCUT2D eigenvalue weighted by Gasteiger charge is 2.15. The predicted molar refractivity (Wildman–Crippen MR) is 64.9 cm³/mol. The minimum atomic E-state index is 0.347. The molecule has 16 heavy (non-hydrogen) atoms. The van der Waals surface area contributed by atoms with Crippen molar-refractivity contribution in [2.75, 3.05) is 12.8 Å². The largest absolute Gasteiger partial charge is 0.497 e. The number of methoxy groups -OCH3 is 1. The third kappa shape index (κ3) is 2.81. The maximum atomic E-state index is 5.92. The van der Waals surface area contributed by atoms with Gasteiger partial charge < -0.3 is 15.2 Å². The van der Waals surface area contributed by atoms with Gasteiger partial charge in [0.2, 0.25) is 0 Å². The Labute approximate surface area is 96.5 Å².